The van der Waals surface area contributed by atoms with Crippen LogP contribution in [0.1, 0.15) is 12.5 Å². The maximum Gasteiger partial charge on any atom is 0.203 e. The van der Waals surface area contributed by atoms with E-state index in [9.17, 15) is 0 Å². The Morgan fingerprint density at radius 1 is 1.31 bits per heavy atom. The Morgan fingerprint density at radius 2 is 2.06 bits per heavy atom. The summed E-state index contributed by atoms with van der Waals surface area (Å²) in [5, 5.41) is 3.98. The summed E-state index contributed by atoms with van der Waals surface area (Å²) in [4.78, 5) is 4.25. The molecule has 4 heteroatoms. The Balaban J connectivity index is 2.13. The number of hydrogen-bond acceptors (Lipinski definition) is 2. The molecule has 1 aromatic heterocycles. The Labute approximate surface area is 100 Å². The average Bonchev–Trinajstić information content (AvgIpc) is 2.70. The summed E-state index contributed by atoms with van der Waals surface area (Å²) in [7, 11) is 0. The summed E-state index contributed by atoms with van der Waals surface area (Å²) in [5.41, 5.74) is 1.21. The molecule has 3 nitrogen and oxygen atoms in total. The van der Waals surface area contributed by atoms with Crippen LogP contribution < -0.4 is 5.32 Å². The van der Waals surface area contributed by atoms with Crippen molar-refractivity contribution in [2.75, 3.05) is 11.9 Å². The lowest BCUT2D eigenvalue weighted by Gasteiger charge is -2.08. The molecule has 0 unspecified atom stereocenters. The summed E-state index contributed by atoms with van der Waals surface area (Å²) in [6.45, 7) is 3.73. The van der Waals surface area contributed by atoms with Crippen LogP contribution in [0.15, 0.2) is 36.7 Å². The third kappa shape index (κ3) is 2.55. The van der Waals surface area contributed by atoms with Crippen molar-refractivity contribution in [3.8, 4) is 0 Å². The van der Waals surface area contributed by atoms with Crippen LogP contribution in [0, 0.1) is 0 Å². The zero-order valence-electron chi connectivity index (χ0n) is 9.15. The van der Waals surface area contributed by atoms with Crippen molar-refractivity contribution in [2.45, 2.75) is 13.5 Å². The SMILES string of the molecule is CCNc1nccn1Cc1ccc(Cl)cc1. The van der Waals surface area contributed by atoms with E-state index in [2.05, 4.69) is 21.8 Å². The van der Waals surface area contributed by atoms with Crippen LogP contribution in [0.25, 0.3) is 0 Å². The summed E-state index contributed by atoms with van der Waals surface area (Å²) in [6.07, 6.45) is 3.76. The van der Waals surface area contributed by atoms with E-state index in [1.54, 1.807) is 6.20 Å². The molecule has 0 radical (unpaired) electrons. The largest absolute Gasteiger partial charge is 0.356 e. The molecule has 0 amide bonds. The Kier molecular flexibility index (Phi) is 3.47. The number of rotatable bonds is 4. The van der Waals surface area contributed by atoms with Gasteiger partial charge in [-0.2, -0.15) is 0 Å². The van der Waals surface area contributed by atoms with Gasteiger partial charge in [-0.05, 0) is 24.6 Å². The van der Waals surface area contributed by atoms with E-state index in [0.29, 0.717) is 0 Å². The number of nitrogens with zero attached hydrogens (tertiary/aromatic N) is 2. The molecule has 84 valence electrons. The summed E-state index contributed by atoms with van der Waals surface area (Å²) in [6, 6.07) is 7.86. The van der Waals surface area contributed by atoms with Gasteiger partial charge in [0.2, 0.25) is 5.95 Å². The van der Waals surface area contributed by atoms with Gasteiger partial charge >= 0.3 is 0 Å². The van der Waals surface area contributed by atoms with Crippen LogP contribution >= 0.6 is 11.6 Å². The average molecular weight is 236 g/mol. The molecule has 0 atom stereocenters. The van der Waals surface area contributed by atoms with E-state index in [4.69, 9.17) is 11.6 Å². The minimum absolute atomic E-state index is 0.765. The minimum atomic E-state index is 0.765. The van der Waals surface area contributed by atoms with Crippen LogP contribution in [0.4, 0.5) is 5.95 Å². The zero-order chi connectivity index (χ0) is 11.4. The first kappa shape index (κ1) is 11.0. The molecule has 16 heavy (non-hydrogen) atoms. The minimum Gasteiger partial charge on any atom is -0.356 e. The van der Waals surface area contributed by atoms with Crippen molar-refractivity contribution in [3.05, 3.63) is 47.2 Å². The first-order valence-electron chi connectivity index (χ1n) is 5.29. The molecule has 2 rings (SSSR count). The van der Waals surface area contributed by atoms with Gasteiger partial charge < -0.3 is 9.88 Å². The second-order valence-corrected chi connectivity index (χ2v) is 3.97. The number of hydrogen-bond donors (Lipinski definition) is 1. The number of anilines is 1. The molecule has 1 aromatic carbocycles. The van der Waals surface area contributed by atoms with E-state index >= 15 is 0 Å². The van der Waals surface area contributed by atoms with E-state index < -0.39 is 0 Å². The van der Waals surface area contributed by atoms with Crippen molar-refractivity contribution >= 4 is 17.5 Å². The summed E-state index contributed by atoms with van der Waals surface area (Å²) >= 11 is 5.84. The normalized spacial score (nSPS) is 10.4. The van der Waals surface area contributed by atoms with Gasteiger partial charge in [0.05, 0.1) is 6.54 Å². The van der Waals surface area contributed by atoms with Gasteiger partial charge in [0, 0.05) is 24.0 Å². The number of halogens is 1. The van der Waals surface area contributed by atoms with E-state index in [1.165, 1.54) is 5.56 Å². The van der Waals surface area contributed by atoms with Crippen molar-refractivity contribution in [2.24, 2.45) is 0 Å². The lowest BCUT2D eigenvalue weighted by molar-refractivity contribution is 0.800. The zero-order valence-corrected chi connectivity index (χ0v) is 9.91. The van der Waals surface area contributed by atoms with Gasteiger partial charge in [0.25, 0.3) is 0 Å². The molecule has 0 fully saturated rings. The fourth-order valence-corrected chi connectivity index (χ4v) is 1.67. The molecule has 0 spiro atoms. The highest BCUT2D eigenvalue weighted by Gasteiger charge is 2.01. The summed E-state index contributed by atoms with van der Waals surface area (Å²) < 4.78 is 2.08. The Bertz CT molecular complexity index is 448. The highest BCUT2D eigenvalue weighted by Crippen LogP contribution is 2.12. The van der Waals surface area contributed by atoms with Gasteiger partial charge in [-0.1, -0.05) is 23.7 Å². The molecule has 0 aliphatic carbocycles. The van der Waals surface area contributed by atoms with Crippen LogP contribution in [-0.4, -0.2) is 16.1 Å². The number of nitrogens with one attached hydrogen (secondary N) is 1. The lowest BCUT2D eigenvalue weighted by atomic mass is 10.2. The Morgan fingerprint density at radius 3 is 2.75 bits per heavy atom. The van der Waals surface area contributed by atoms with Gasteiger partial charge in [-0.25, -0.2) is 4.98 Å². The molecule has 1 heterocycles. The second-order valence-electron chi connectivity index (χ2n) is 3.54. The van der Waals surface area contributed by atoms with Crippen LogP contribution in [0.2, 0.25) is 5.02 Å². The topological polar surface area (TPSA) is 29.9 Å². The molecule has 0 saturated heterocycles. The van der Waals surface area contributed by atoms with Crippen molar-refractivity contribution < 1.29 is 0 Å². The van der Waals surface area contributed by atoms with Crippen LogP contribution in [0.3, 0.4) is 0 Å². The number of imidazole rings is 1. The van der Waals surface area contributed by atoms with E-state index in [1.807, 2.05) is 30.5 Å². The third-order valence-electron chi connectivity index (χ3n) is 2.32. The van der Waals surface area contributed by atoms with Gasteiger partial charge in [-0.15, -0.1) is 0 Å². The predicted molar refractivity (Wildman–Crippen MR) is 66.9 cm³/mol. The fraction of sp³-hybridized carbons (Fsp3) is 0.250. The lowest BCUT2D eigenvalue weighted by Crippen LogP contribution is -2.07. The maximum atomic E-state index is 5.84. The van der Waals surface area contributed by atoms with Gasteiger partial charge in [0.15, 0.2) is 0 Å². The fourth-order valence-electron chi connectivity index (χ4n) is 1.55. The predicted octanol–water partition coefficient (Wildman–Crippen LogP) is 3.02. The first-order valence-corrected chi connectivity index (χ1v) is 5.67. The quantitative estimate of drug-likeness (QED) is 0.883. The van der Waals surface area contributed by atoms with Crippen LogP contribution in [0.5, 0.6) is 0 Å². The van der Waals surface area contributed by atoms with Crippen molar-refractivity contribution in [1.29, 1.82) is 0 Å². The number of aromatic nitrogens is 2. The molecular weight excluding hydrogens is 222 g/mol. The molecule has 2 aromatic rings. The Hall–Kier alpha value is -1.48. The third-order valence-corrected chi connectivity index (χ3v) is 2.57. The van der Waals surface area contributed by atoms with E-state index in [0.717, 1.165) is 24.1 Å². The molecule has 0 bridgehead atoms. The number of benzene rings is 1. The smallest absolute Gasteiger partial charge is 0.203 e. The van der Waals surface area contributed by atoms with Crippen LogP contribution in [-0.2, 0) is 6.54 Å². The van der Waals surface area contributed by atoms with E-state index in [-0.39, 0.29) is 0 Å². The first-order chi connectivity index (χ1) is 7.79. The van der Waals surface area contributed by atoms with Crippen molar-refractivity contribution in [1.82, 2.24) is 9.55 Å². The molecule has 0 aliphatic heterocycles. The molecule has 1 N–H and O–H groups in total. The van der Waals surface area contributed by atoms with Gasteiger partial charge in [-0.3, -0.25) is 0 Å². The maximum absolute atomic E-state index is 5.84. The standard InChI is InChI=1S/C12H14ClN3/c1-2-14-12-15-7-8-16(12)9-10-3-5-11(13)6-4-10/h3-8H,2,9H2,1H3,(H,14,15). The highest BCUT2D eigenvalue weighted by molar-refractivity contribution is 6.30. The monoisotopic (exact) mass is 235 g/mol. The summed E-state index contributed by atoms with van der Waals surface area (Å²) in [5.74, 6) is 0.900. The van der Waals surface area contributed by atoms with Gasteiger partial charge in [0.1, 0.15) is 0 Å². The molecular formula is C12H14ClN3. The highest BCUT2D eigenvalue weighted by atomic mass is 35.5. The molecule has 0 aliphatic rings. The molecule has 0 saturated carbocycles. The van der Waals surface area contributed by atoms with Crippen molar-refractivity contribution in [3.63, 3.8) is 0 Å². The second kappa shape index (κ2) is 5.03.